The molecule has 0 aliphatic rings. The van der Waals surface area contributed by atoms with E-state index >= 15 is 0 Å². The van der Waals surface area contributed by atoms with Gasteiger partial charge in [-0.15, -0.1) is 0 Å². The zero-order chi connectivity index (χ0) is 11.5. The van der Waals surface area contributed by atoms with Crippen molar-refractivity contribution in [2.75, 3.05) is 7.05 Å². The Balaban J connectivity index is 2.57. The highest BCUT2D eigenvalue weighted by molar-refractivity contribution is 9.10. The molecule has 0 aliphatic heterocycles. The Bertz CT molecular complexity index is 311. The SMILES string of the molecule is CNC(CCC(F)(F)F)c1ccc(Br)o1. The van der Waals surface area contributed by atoms with Crippen molar-refractivity contribution in [1.29, 1.82) is 0 Å². The maximum absolute atomic E-state index is 12.0. The van der Waals surface area contributed by atoms with E-state index in [1.54, 1.807) is 19.2 Å². The summed E-state index contributed by atoms with van der Waals surface area (Å²) in [6.07, 6.45) is -4.98. The molecular formula is C9H11BrF3NO. The third-order valence-electron chi connectivity index (χ3n) is 2.00. The number of nitrogens with one attached hydrogen (secondary N) is 1. The number of hydrogen-bond donors (Lipinski definition) is 1. The average molecular weight is 286 g/mol. The molecule has 0 saturated heterocycles. The second-order valence-corrected chi connectivity index (χ2v) is 3.92. The molecule has 6 heteroatoms. The Hall–Kier alpha value is -0.490. The van der Waals surface area contributed by atoms with Gasteiger partial charge in [-0.3, -0.25) is 0 Å². The summed E-state index contributed by atoms with van der Waals surface area (Å²) in [6.45, 7) is 0. The van der Waals surface area contributed by atoms with Gasteiger partial charge in [-0.05, 0) is 41.5 Å². The van der Waals surface area contributed by atoms with Crippen LogP contribution in [0.4, 0.5) is 13.2 Å². The van der Waals surface area contributed by atoms with Crippen LogP contribution in [0.1, 0.15) is 24.6 Å². The molecule has 0 amide bonds. The molecule has 1 aromatic heterocycles. The summed E-state index contributed by atoms with van der Waals surface area (Å²) in [7, 11) is 1.61. The summed E-state index contributed by atoms with van der Waals surface area (Å²) in [4.78, 5) is 0. The Kier molecular flexibility index (Phi) is 4.21. The molecule has 1 N–H and O–H groups in total. The predicted octanol–water partition coefficient (Wildman–Crippen LogP) is 3.65. The van der Waals surface area contributed by atoms with Crippen LogP contribution in [-0.4, -0.2) is 13.2 Å². The topological polar surface area (TPSA) is 25.2 Å². The van der Waals surface area contributed by atoms with Crippen molar-refractivity contribution in [2.45, 2.75) is 25.1 Å². The highest BCUT2D eigenvalue weighted by Crippen LogP contribution is 2.29. The standard InChI is InChI=1S/C9H11BrF3NO/c1-14-6(4-5-9(11,12)13)7-2-3-8(10)15-7/h2-3,6,14H,4-5H2,1H3. The van der Waals surface area contributed by atoms with E-state index in [1.807, 2.05) is 0 Å². The third-order valence-corrected chi connectivity index (χ3v) is 2.43. The van der Waals surface area contributed by atoms with Crippen LogP contribution in [0.5, 0.6) is 0 Å². The predicted molar refractivity (Wildman–Crippen MR) is 53.5 cm³/mol. The highest BCUT2D eigenvalue weighted by atomic mass is 79.9. The lowest BCUT2D eigenvalue weighted by Crippen LogP contribution is -2.19. The normalized spacial score (nSPS) is 14.2. The van der Waals surface area contributed by atoms with Gasteiger partial charge in [0.15, 0.2) is 4.67 Å². The Morgan fingerprint density at radius 3 is 2.53 bits per heavy atom. The quantitative estimate of drug-likeness (QED) is 0.914. The molecular weight excluding hydrogens is 275 g/mol. The molecule has 0 aromatic carbocycles. The van der Waals surface area contributed by atoms with Crippen LogP contribution >= 0.6 is 15.9 Å². The maximum Gasteiger partial charge on any atom is 0.389 e. The summed E-state index contributed by atoms with van der Waals surface area (Å²) >= 11 is 3.10. The lowest BCUT2D eigenvalue weighted by atomic mass is 10.1. The van der Waals surface area contributed by atoms with Crippen molar-refractivity contribution in [1.82, 2.24) is 5.32 Å². The van der Waals surface area contributed by atoms with E-state index in [4.69, 9.17) is 4.42 Å². The van der Waals surface area contributed by atoms with E-state index in [9.17, 15) is 13.2 Å². The van der Waals surface area contributed by atoms with Crippen molar-refractivity contribution in [3.8, 4) is 0 Å². The van der Waals surface area contributed by atoms with E-state index in [-0.39, 0.29) is 6.42 Å². The first kappa shape index (κ1) is 12.6. The highest BCUT2D eigenvalue weighted by Gasteiger charge is 2.29. The lowest BCUT2D eigenvalue weighted by Gasteiger charge is -2.14. The summed E-state index contributed by atoms with van der Waals surface area (Å²) < 4.78 is 41.7. The van der Waals surface area contributed by atoms with Gasteiger partial charge in [0.25, 0.3) is 0 Å². The zero-order valence-corrected chi connectivity index (χ0v) is 9.65. The van der Waals surface area contributed by atoms with Crippen molar-refractivity contribution in [3.05, 3.63) is 22.6 Å². The number of alkyl halides is 3. The van der Waals surface area contributed by atoms with Gasteiger partial charge < -0.3 is 9.73 Å². The van der Waals surface area contributed by atoms with Gasteiger partial charge in [0.05, 0.1) is 6.04 Å². The minimum atomic E-state index is -4.13. The second kappa shape index (κ2) is 5.03. The summed E-state index contributed by atoms with van der Waals surface area (Å²) in [5.41, 5.74) is 0. The average Bonchev–Trinajstić information content (AvgIpc) is 2.51. The van der Waals surface area contributed by atoms with Gasteiger partial charge in [0.2, 0.25) is 0 Å². The fraction of sp³-hybridized carbons (Fsp3) is 0.556. The molecule has 1 aromatic rings. The number of halogens is 4. The first-order valence-corrected chi connectivity index (χ1v) is 5.21. The van der Waals surface area contributed by atoms with E-state index in [1.165, 1.54) is 0 Å². The van der Waals surface area contributed by atoms with E-state index < -0.39 is 18.6 Å². The molecule has 0 saturated carbocycles. The Morgan fingerprint density at radius 2 is 2.13 bits per heavy atom. The number of hydrogen-bond acceptors (Lipinski definition) is 2. The van der Waals surface area contributed by atoms with E-state index in [0.29, 0.717) is 10.4 Å². The number of furan rings is 1. The summed E-state index contributed by atoms with van der Waals surface area (Å²) in [6, 6.07) is 2.91. The van der Waals surface area contributed by atoms with Gasteiger partial charge in [-0.1, -0.05) is 0 Å². The molecule has 86 valence electrons. The largest absolute Gasteiger partial charge is 0.453 e. The first-order chi connectivity index (χ1) is 6.92. The molecule has 1 rings (SSSR count). The van der Waals surface area contributed by atoms with Crippen LogP contribution in [0.3, 0.4) is 0 Å². The van der Waals surface area contributed by atoms with Crippen LogP contribution in [-0.2, 0) is 0 Å². The molecule has 0 fully saturated rings. The Labute approximate surface area is 94.0 Å². The van der Waals surface area contributed by atoms with Crippen LogP contribution in [0.2, 0.25) is 0 Å². The van der Waals surface area contributed by atoms with Crippen molar-refractivity contribution in [3.63, 3.8) is 0 Å². The zero-order valence-electron chi connectivity index (χ0n) is 8.07. The fourth-order valence-corrected chi connectivity index (χ4v) is 1.57. The van der Waals surface area contributed by atoms with E-state index in [2.05, 4.69) is 21.2 Å². The molecule has 2 nitrogen and oxygen atoms in total. The monoisotopic (exact) mass is 285 g/mol. The molecule has 0 aliphatic carbocycles. The lowest BCUT2D eigenvalue weighted by molar-refractivity contribution is -0.136. The van der Waals surface area contributed by atoms with Crippen molar-refractivity contribution < 1.29 is 17.6 Å². The van der Waals surface area contributed by atoms with Gasteiger partial charge in [-0.25, -0.2) is 0 Å². The van der Waals surface area contributed by atoms with Crippen molar-refractivity contribution in [2.24, 2.45) is 0 Å². The van der Waals surface area contributed by atoms with Crippen LogP contribution < -0.4 is 5.32 Å². The number of rotatable bonds is 4. The maximum atomic E-state index is 12.0. The molecule has 15 heavy (non-hydrogen) atoms. The first-order valence-electron chi connectivity index (χ1n) is 4.41. The molecule has 0 radical (unpaired) electrons. The van der Waals surface area contributed by atoms with Crippen LogP contribution in [0, 0.1) is 0 Å². The molecule has 1 unspecified atom stereocenters. The van der Waals surface area contributed by atoms with Crippen LogP contribution in [0.15, 0.2) is 21.2 Å². The van der Waals surface area contributed by atoms with Gasteiger partial charge in [0, 0.05) is 6.42 Å². The minimum absolute atomic E-state index is 0.0278. The molecule has 1 atom stereocenters. The van der Waals surface area contributed by atoms with E-state index in [0.717, 1.165) is 0 Å². The minimum Gasteiger partial charge on any atom is -0.453 e. The molecule has 0 bridgehead atoms. The fourth-order valence-electron chi connectivity index (χ4n) is 1.25. The second-order valence-electron chi connectivity index (χ2n) is 3.14. The van der Waals surface area contributed by atoms with Crippen LogP contribution in [0.25, 0.3) is 0 Å². The third kappa shape index (κ3) is 4.25. The van der Waals surface area contributed by atoms with Gasteiger partial charge in [0.1, 0.15) is 5.76 Å². The van der Waals surface area contributed by atoms with Gasteiger partial charge >= 0.3 is 6.18 Å². The van der Waals surface area contributed by atoms with Gasteiger partial charge in [-0.2, -0.15) is 13.2 Å². The Morgan fingerprint density at radius 1 is 1.47 bits per heavy atom. The molecule has 0 spiro atoms. The summed E-state index contributed by atoms with van der Waals surface area (Å²) in [5, 5.41) is 2.79. The summed E-state index contributed by atoms with van der Waals surface area (Å²) in [5.74, 6) is 0.508. The molecule has 1 heterocycles. The smallest absolute Gasteiger partial charge is 0.389 e. The van der Waals surface area contributed by atoms with Crippen molar-refractivity contribution >= 4 is 15.9 Å².